The predicted molar refractivity (Wildman–Crippen MR) is 105 cm³/mol. The highest BCUT2D eigenvalue weighted by Crippen LogP contribution is 2.18. The van der Waals surface area contributed by atoms with E-state index in [1.54, 1.807) is 38.1 Å². The number of hydrogen-bond acceptors (Lipinski definition) is 6. The highest BCUT2D eigenvalue weighted by Gasteiger charge is 2.39. The van der Waals surface area contributed by atoms with Gasteiger partial charge in [-0.1, -0.05) is 11.8 Å². The van der Waals surface area contributed by atoms with Gasteiger partial charge in [0.2, 0.25) is 0 Å². The summed E-state index contributed by atoms with van der Waals surface area (Å²) in [4.78, 5) is 24.4. The van der Waals surface area contributed by atoms with E-state index in [4.69, 9.17) is 15.1 Å². The molecular formula is C19H26N2O6S. The molecule has 0 fully saturated rings. The molecule has 0 saturated heterocycles. The van der Waals surface area contributed by atoms with E-state index in [2.05, 4.69) is 17.2 Å². The number of benzene rings is 1. The Morgan fingerprint density at radius 3 is 2.36 bits per heavy atom. The Morgan fingerprint density at radius 1 is 1.29 bits per heavy atom. The van der Waals surface area contributed by atoms with Crippen LogP contribution in [0.2, 0.25) is 0 Å². The maximum absolute atomic E-state index is 12.5. The molecule has 0 spiro atoms. The van der Waals surface area contributed by atoms with E-state index in [1.165, 1.54) is 18.8 Å². The van der Waals surface area contributed by atoms with Gasteiger partial charge in [0.15, 0.2) is 0 Å². The van der Waals surface area contributed by atoms with E-state index in [0.29, 0.717) is 12.0 Å². The number of nitrogens with one attached hydrogen (secondary N) is 2. The number of aliphatic hydroxyl groups is 1. The van der Waals surface area contributed by atoms with Gasteiger partial charge in [0.05, 0.1) is 17.5 Å². The van der Waals surface area contributed by atoms with Gasteiger partial charge < -0.3 is 15.2 Å². The molecule has 4 N–H and O–H groups in total. The van der Waals surface area contributed by atoms with Crippen LogP contribution in [0.4, 0.5) is 0 Å². The van der Waals surface area contributed by atoms with Crippen LogP contribution in [0.15, 0.2) is 24.3 Å². The van der Waals surface area contributed by atoms with E-state index in [1.807, 2.05) is 0 Å². The van der Waals surface area contributed by atoms with Crippen molar-refractivity contribution in [2.45, 2.75) is 37.2 Å². The van der Waals surface area contributed by atoms with Crippen molar-refractivity contribution in [2.24, 2.45) is 0 Å². The van der Waals surface area contributed by atoms with Crippen molar-refractivity contribution in [1.82, 2.24) is 10.8 Å². The number of rotatable bonds is 8. The molecule has 0 radical (unpaired) electrons. The molecular weight excluding hydrogens is 384 g/mol. The lowest BCUT2D eigenvalue weighted by molar-refractivity contribution is -0.131. The van der Waals surface area contributed by atoms with Crippen LogP contribution in [0, 0.1) is 11.8 Å². The predicted octanol–water partition coefficient (Wildman–Crippen LogP) is 0.196. The van der Waals surface area contributed by atoms with Crippen LogP contribution in [0.1, 0.15) is 36.2 Å². The van der Waals surface area contributed by atoms with Crippen molar-refractivity contribution in [2.75, 3.05) is 20.0 Å². The maximum atomic E-state index is 12.5. The minimum atomic E-state index is -1.45. The normalized spacial score (nSPS) is 14.2. The Kier molecular flexibility index (Phi) is 9.28. The fraction of sp³-hybridized carbons (Fsp3) is 0.474. The van der Waals surface area contributed by atoms with Gasteiger partial charge in [0, 0.05) is 41.7 Å². The topological polar surface area (TPSA) is 125 Å². The summed E-state index contributed by atoms with van der Waals surface area (Å²) in [5, 5.41) is 20.5. The van der Waals surface area contributed by atoms with E-state index in [0.717, 1.165) is 0 Å². The zero-order valence-corrected chi connectivity index (χ0v) is 17.1. The molecule has 0 aliphatic rings. The number of amides is 2. The Labute approximate surface area is 167 Å². The summed E-state index contributed by atoms with van der Waals surface area (Å²) in [6, 6.07) is 5.19. The van der Waals surface area contributed by atoms with Crippen molar-refractivity contribution in [3.63, 3.8) is 0 Å². The first-order chi connectivity index (χ1) is 13.2. The van der Waals surface area contributed by atoms with E-state index in [9.17, 15) is 13.8 Å². The van der Waals surface area contributed by atoms with Crippen molar-refractivity contribution < 1.29 is 28.8 Å². The number of carbonyl (C=O) groups excluding carboxylic acids is 2. The second kappa shape index (κ2) is 10.9. The molecule has 1 aromatic rings. The van der Waals surface area contributed by atoms with Crippen molar-refractivity contribution >= 4 is 22.6 Å². The molecule has 28 heavy (non-hydrogen) atoms. The molecule has 8 nitrogen and oxygen atoms in total. The minimum absolute atomic E-state index is 0.119. The fourth-order valence-corrected chi connectivity index (χ4v) is 2.69. The number of carbonyl (C=O) groups is 2. The highest BCUT2D eigenvalue weighted by atomic mass is 32.2. The third kappa shape index (κ3) is 6.42. The molecule has 0 aliphatic heterocycles. The lowest BCUT2D eigenvalue weighted by Crippen LogP contribution is -2.58. The molecule has 0 aromatic heterocycles. The van der Waals surface area contributed by atoms with Crippen molar-refractivity contribution in [3.8, 4) is 11.8 Å². The van der Waals surface area contributed by atoms with Gasteiger partial charge in [-0.15, -0.1) is 0 Å². The Bertz CT molecular complexity index is 763. The van der Waals surface area contributed by atoms with Crippen LogP contribution >= 0.6 is 0 Å². The van der Waals surface area contributed by atoms with Gasteiger partial charge in [-0.25, -0.2) is 5.48 Å². The first-order valence-electron chi connectivity index (χ1n) is 8.48. The summed E-state index contributed by atoms with van der Waals surface area (Å²) in [5.41, 5.74) is 2.45. The largest absolute Gasteiger partial charge is 0.394 e. The van der Waals surface area contributed by atoms with Gasteiger partial charge in [0.1, 0.15) is 6.04 Å². The van der Waals surface area contributed by atoms with Crippen molar-refractivity contribution in [1.29, 1.82) is 0 Å². The van der Waals surface area contributed by atoms with Gasteiger partial charge in [-0.05, 0) is 38.1 Å². The fourth-order valence-electron chi connectivity index (χ4n) is 2.19. The molecule has 2 unspecified atom stereocenters. The standard InChI is InChI=1S/C19H26N2O6S/c1-19(2,28(4)26)16(18(24)21-25)20-17(23)14-10-8-13(9-11-14)6-5-7-15(12-22)27-3/h8-11,15-16,22,25H,7,12H2,1-4H3,(H,20,23)(H,21,24)/t15?,16-,28?/m1/s1. The van der Waals surface area contributed by atoms with Crippen LogP contribution in [-0.4, -0.2) is 63.2 Å². The Balaban J connectivity index is 2.90. The van der Waals surface area contributed by atoms with E-state index in [-0.39, 0.29) is 18.3 Å². The molecule has 0 aliphatic carbocycles. The number of hydroxylamine groups is 1. The molecule has 1 rings (SSSR count). The van der Waals surface area contributed by atoms with Gasteiger partial charge in [-0.2, -0.15) is 0 Å². The quantitative estimate of drug-likeness (QED) is 0.276. The lowest BCUT2D eigenvalue weighted by Gasteiger charge is -2.31. The number of ether oxygens (including phenoxy) is 1. The van der Waals surface area contributed by atoms with Crippen LogP contribution < -0.4 is 10.8 Å². The average molecular weight is 410 g/mol. The first-order valence-corrected chi connectivity index (χ1v) is 10.0. The molecule has 0 heterocycles. The second-order valence-corrected chi connectivity index (χ2v) is 8.52. The number of aliphatic hydroxyl groups excluding tert-OH is 1. The Hall–Kier alpha value is -2.25. The van der Waals surface area contributed by atoms with E-state index < -0.39 is 33.4 Å². The minimum Gasteiger partial charge on any atom is -0.394 e. The van der Waals surface area contributed by atoms with E-state index >= 15 is 0 Å². The maximum Gasteiger partial charge on any atom is 0.267 e. The van der Waals surface area contributed by atoms with Crippen LogP contribution in [0.3, 0.4) is 0 Å². The first kappa shape index (κ1) is 23.8. The lowest BCUT2D eigenvalue weighted by atomic mass is 10.0. The second-order valence-electron chi connectivity index (χ2n) is 6.56. The summed E-state index contributed by atoms with van der Waals surface area (Å²) in [5.74, 6) is 4.39. The number of methoxy groups -OCH3 is 1. The molecule has 154 valence electrons. The van der Waals surface area contributed by atoms with Gasteiger partial charge in [0.25, 0.3) is 11.8 Å². The molecule has 0 bridgehead atoms. The molecule has 3 atom stereocenters. The van der Waals surface area contributed by atoms with Crippen LogP contribution in [0.5, 0.6) is 0 Å². The highest BCUT2D eigenvalue weighted by molar-refractivity contribution is 7.85. The monoisotopic (exact) mass is 410 g/mol. The number of hydrogen-bond donors (Lipinski definition) is 4. The average Bonchev–Trinajstić information content (AvgIpc) is 2.68. The van der Waals surface area contributed by atoms with Gasteiger partial charge in [-0.3, -0.25) is 19.0 Å². The Morgan fingerprint density at radius 2 is 1.89 bits per heavy atom. The van der Waals surface area contributed by atoms with Gasteiger partial charge >= 0.3 is 0 Å². The zero-order chi connectivity index (χ0) is 21.3. The zero-order valence-electron chi connectivity index (χ0n) is 16.3. The molecule has 1 aromatic carbocycles. The molecule has 0 saturated carbocycles. The molecule has 9 heteroatoms. The third-order valence-electron chi connectivity index (χ3n) is 4.33. The summed E-state index contributed by atoms with van der Waals surface area (Å²) in [7, 11) is 0.0485. The summed E-state index contributed by atoms with van der Waals surface area (Å²) < 4.78 is 15.9. The SMILES string of the molecule is COC(CO)CC#Cc1ccc(C(=O)N[C@H](C(=O)NO)C(C)(C)S(C)=O)cc1. The smallest absolute Gasteiger partial charge is 0.267 e. The van der Waals surface area contributed by atoms with Crippen molar-refractivity contribution in [3.05, 3.63) is 35.4 Å². The third-order valence-corrected chi connectivity index (χ3v) is 6.05. The van der Waals surface area contributed by atoms with Crippen LogP contribution in [0.25, 0.3) is 0 Å². The van der Waals surface area contributed by atoms with Crippen LogP contribution in [-0.2, 0) is 20.3 Å². The summed E-state index contributed by atoms with van der Waals surface area (Å²) >= 11 is 0. The molecule has 2 amide bonds. The summed E-state index contributed by atoms with van der Waals surface area (Å²) in [6.07, 6.45) is 1.44. The summed E-state index contributed by atoms with van der Waals surface area (Å²) in [6.45, 7) is 3.00.